The zero-order chi connectivity index (χ0) is 10.9. The predicted molar refractivity (Wildman–Crippen MR) is 49.8 cm³/mol. The summed E-state index contributed by atoms with van der Waals surface area (Å²) in [4.78, 5) is 23.0. The van der Waals surface area contributed by atoms with Gasteiger partial charge in [-0.2, -0.15) is 0 Å². The summed E-state index contributed by atoms with van der Waals surface area (Å²) >= 11 is 0. The van der Waals surface area contributed by atoms with Gasteiger partial charge in [0.25, 0.3) is 0 Å². The lowest BCUT2D eigenvalue weighted by atomic mass is 9.78. The standard InChI is InChI=1S/C9H16N2O3/c1-9(2,8(13)14-3)6-4-5-11(10)7(6)12/h6H,4-5,10H2,1-3H3/t6-/m1/s1. The van der Waals surface area contributed by atoms with Crippen LogP contribution in [0.2, 0.25) is 0 Å². The molecule has 5 nitrogen and oxygen atoms in total. The lowest BCUT2D eigenvalue weighted by molar-refractivity contribution is -0.157. The maximum atomic E-state index is 11.6. The van der Waals surface area contributed by atoms with Crippen LogP contribution < -0.4 is 5.84 Å². The largest absolute Gasteiger partial charge is 0.469 e. The van der Waals surface area contributed by atoms with Crippen LogP contribution in [0, 0.1) is 11.3 Å². The van der Waals surface area contributed by atoms with Crippen LogP contribution >= 0.6 is 0 Å². The van der Waals surface area contributed by atoms with E-state index >= 15 is 0 Å². The van der Waals surface area contributed by atoms with E-state index in [-0.39, 0.29) is 17.8 Å². The minimum absolute atomic E-state index is 0.180. The first-order chi connectivity index (χ1) is 6.41. The van der Waals surface area contributed by atoms with Gasteiger partial charge in [-0.1, -0.05) is 0 Å². The lowest BCUT2D eigenvalue weighted by Gasteiger charge is -2.26. The van der Waals surface area contributed by atoms with Gasteiger partial charge in [-0.05, 0) is 20.3 Å². The Morgan fingerprint density at radius 1 is 1.64 bits per heavy atom. The normalized spacial score (nSPS) is 22.7. The van der Waals surface area contributed by atoms with E-state index in [0.717, 1.165) is 5.01 Å². The Morgan fingerprint density at radius 2 is 2.21 bits per heavy atom. The van der Waals surface area contributed by atoms with Gasteiger partial charge >= 0.3 is 5.97 Å². The highest BCUT2D eigenvalue weighted by atomic mass is 16.5. The number of hydrogen-bond acceptors (Lipinski definition) is 4. The van der Waals surface area contributed by atoms with Crippen molar-refractivity contribution in [3.63, 3.8) is 0 Å². The van der Waals surface area contributed by atoms with Crippen molar-refractivity contribution in [2.24, 2.45) is 17.2 Å². The molecule has 0 aliphatic carbocycles. The molecule has 80 valence electrons. The third kappa shape index (κ3) is 1.59. The van der Waals surface area contributed by atoms with Gasteiger partial charge in [0.15, 0.2) is 0 Å². The number of ether oxygens (including phenoxy) is 1. The van der Waals surface area contributed by atoms with Crippen molar-refractivity contribution >= 4 is 11.9 Å². The highest BCUT2D eigenvalue weighted by Crippen LogP contribution is 2.35. The summed E-state index contributed by atoms with van der Waals surface area (Å²) in [6, 6.07) is 0. The van der Waals surface area contributed by atoms with E-state index in [9.17, 15) is 9.59 Å². The van der Waals surface area contributed by atoms with Crippen molar-refractivity contribution in [3.8, 4) is 0 Å². The Labute approximate surface area is 83.2 Å². The molecule has 14 heavy (non-hydrogen) atoms. The van der Waals surface area contributed by atoms with E-state index < -0.39 is 5.41 Å². The first-order valence-electron chi connectivity index (χ1n) is 4.55. The molecule has 0 aromatic carbocycles. The minimum atomic E-state index is -0.792. The average molecular weight is 200 g/mol. The number of esters is 1. The molecule has 1 atom stereocenters. The van der Waals surface area contributed by atoms with Crippen molar-refractivity contribution in [1.29, 1.82) is 0 Å². The van der Waals surface area contributed by atoms with Crippen molar-refractivity contribution in [1.82, 2.24) is 5.01 Å². The molecular formula is C9H16N2O3. The van der Waals surface area contributed by atoms with Gasteiger partial charge in [0.2, 0.25) is 5.91 Å². The summed E-state index contributed by atoms with van der Waals surface area (Å²) in [6.07, 6.45) is 0.609. The number of nitrogens with two attached hydrogens (primary N) is 1. The number of hydrogen-bond donors (Lipinski definition) is 1. The average Bonchev–Trinajstić information content (AvgIpc) is 2.46. The summed E-state index contributed by atoms with van der Waals surface area (Å²) in [5.41, 5.74) is -0.792. The fourth-order valence-corrected chi connectivity index (χ4v) is 1.78. The van der Waals surface area contributed by atoms with Gasteiger partial charge in [0.05, 0.1) is 18.4 Å². The predicted octanol–water partition coefficient (Wildman–Crippen LogP) is -0.0922. The first-order valence-corrected chi connectivity index (χ1v) is 4.55. The number of amides is 1. The summed E-state index contributed by atoms with van der Waals surface area (Å²) in [6.45, 7) is 3.92. The van der Waals surface area contributed by atoms with Crippen LogP contribution in [0.3, 0.4) is 0 Å². The molecule has 1 amide bonds. The maximum Gasteiger partial charge on any atom is 0.312 e. The summed E-state index contributed by atoms with van der Waals surface area (Å²) in [5.74, 6) is 4.53. The molecule has 5 heteroatoms. The van der Waals surface area contributed by atoms with E-state index in [0.29, 0.717) is 13.0 Å². The number of carbonyl (C=O) groups is 2. The fourth-order valence-electron chi connectivity index (χ4n) is 1.78. The Bertz CT molecular complexity index is 263. The quantitative estimate of drug-likeness (QED) is 0.384. The second kappa shape index (κ2) is 3.57. The number of nitrogens with zero attached hydrogens (tertiary/aromatic N) is 1. The first kappa shape index (κ1) is 11.0. The van der Waals surface area contributed by atoms with Crippen LogP contribution in [0.1, 0.15) is 20.3 Å². The van der Waals surface area contributed by atoms with Crippen LogP contribution in [0.15, 0.2) is 0 Å². The number of carbonyl (C=O) groups excluding carboxylic acids is 2. The zero-order valence-electron chi connectivity index (χ0n) is 8.74. The molecule has 0 unspecified atom stereocenters. The van der Waals surface area contributed by atoms with E-state index in [4.69, 9.17) is 5.84 Å². The van der Waals surface area contributed by atoms with Gasteiger partial charge in [0, 0.05) is 6.54 Å². The van der Waals surface area contributed by atoms with Crippen LogP contribution in [-0.4, -0.2) is 30.5 Å². The molecule has 1 heterocycles. The van der Waals surface area contributed by atoms with Gasteiger partial charge in [-0.15, -0.1) is 0 Å². The maximum absolute atomic E-state index is 11.6. The number of hydrazine groups is 1. The smallest absolute Gasteiger partial charge is 0.312 e. The zero-order valence-corrected chi connectivity index (χ0v) is 8.74. The third-order valence-corrected chi connectivity index (χ3v) is 2.82. The molecule has 1 saturated heterocycles. The van der Waals surface area contributed by atoms with Crippen LogP contribution in [0.25, 0.3) is 0 Å². The van der Waals surface area contributed by atoms with Crippen molar-refractivity contribution in [2.45, 2.75) is 20.3 Å². The second-order valence-corrected chi connectivity index (χ2v) is 4.09. The molecule has 2 N–H and O–H groups in total. The fraction of sp³-hybridized carbons (Fsp3) is 0.778. The number of methoxy groups -OCH3 is 1. The monoisotopic (exact) mass is 200 g/mol. The number of rotatable bonds is 2. The molecular weight excluding hydrogens is 184 g/mol. The van der Waals surface area contributed by atoms with Gasteiger partial charge in [-0.25, -0.2) is 5.84 Å². The molecule has 1 aliphatic rings. The van der Waals surface area contributed by atoms with E-state index in [1.807, 2.05) is 0 Å². The molecule has 0 aromatic heterocycles. The highest BCUT2D eigenvalue weighted by molar-refractivity contribution is 5.88. The molecule has 0 spiro atoms. The van der Waals surface area contributed by atoms with Crippen LogP contribution in [-0.2, 0) is 14.3 Å². The lowest BCUT2D eigenvalue weighted by Crippen LogP contribution is -2.41. The van der Waals surface area contributed by atoms with E-state index in [1.165, 1.54) is 7.11 Å². The molecule has 1 rings (SSSR count). The molecule has 1 fully saturated rings. The Morgan fingerprint density at radius 3 is 2.57 bits per heavy atom. The minimum Gasteiger partial charge on any atom is -0.469 e. The van der Waals surface area contributed by atoms with Crippen LogP contribution in [0.4, 0.5) is 0 Å². The topological polar surface area (TPSA) is 72.6 Å². The SMILES string of the molecule is COC(=O)C(C)(C)[C@@H]1CCN(N)C1=O. The van der Waals surface area contributed by atoms with Crippen molar-refractivity contribution < 1.29 is 14.3 Å². The van der Waals surface area contributed by atoms with Gasteiger partial charge < -0.3 is 4.74 Å². The van der Waals surface area contributed by atoms with Gasteiger partial charge in [0.1, 0.15) is 0 Å². The third-order valence-electron chi connectivity index (χ3n) is 2.82. The Hall–Kier alpha value is -1.10. The Balaban J connectivity index is 2.83. The molecule has 0 saturated carbocycles. The van der Waals surface area contributed by atoms with Gasteiger partial charge in [-0.3, -0.25) is 14.6 Å². The van der Waals surface area contributed by atoms with Crippen molar-refractivity contribution in [3.05, 3.63) is 0 Å². The molecule has 0 radical (unpaired) electrons. The molecule has 0 bridgehead atoms. The Kier molecular flexibility index (Phi) is 2.80. The van der Waals surface area contributed by atoms with E-state index in [2.05, 4.69) is 4.74 Å². The summed E-state index contributed by atoms with van der Waals surface area (Å²) < 4.78 is 4.66. The summed E-state index contributed by atoms with van der Waals surface area (Å²) in [5, 5.41) is 1.16. The van der Waals surface area contributed by atoms with E-state index in [1.54, 1.807) is 13.8 Å². The van der Waals surface area contributed by atoms with Crippen LogP contribution in [0.5, 0.6) is 0 Å². The summed E-state index contributed by atoms with van der Waals surface area (Å²) in [7, 11) is 1.32. The molecule has 1 aliphatic heterocycles. The second-order valence-electron chi connectivity index (χ2n) is 4.09. The van der Waals surface area contributed by atoms with Crippen molar-refractivity contribution in [2.75, 3.05) is 13.7 Å². The highest BCUT2D eigenvalue weighted by Gasteiger charge is 2.46. The molecule has 0 aromatic rings.